The molecule has 49 heavy (non-hydrogen) atoms. The lowest BCUT2D eigenvalue weighted by Crippen LogP contribution is -2.49. The average Bonchev–Trinajstić information content (AvgIpc) is 3.87. The molecule has 1 saturated carbocycles. The van der Waals surface area contributed by atoms with Gasteiger partial charge in [0.05, 0.1) is 30.2 Å². The molecular weight excluding hydrogens is 626 g/mol. The quantitative estimate of drug-likeness (QED) is 0.217. The van der Waals surface area contributed by atoms with Gasteiger partial charge in [0.15, 0.2) is 0 Å². The van der Waals surface area contributed by atoms with Crippen LogP contribution in [0, 0.1) is 11.6 Å². The van der Waals surface area contributed by atoms with Crippen LogP contribution in [0.25, 0.3) is 33.5 Å². The van der Waals surface area contributed by atoms with Crippen molar-refractivity contribution in [2.45, 2.75) is 44.9 Å². The maximum Gasteiger partial charge on any atom is 0.265 e. The maximum atomic E-state index is 15.5. The van der Waals surface area contributed by atoms with Gasteiger partial charge in [-0.15, -0.1) is 0 Å². The number of carbonyl (C=O) groups excluding carboxylic acids is 1. The number of anilines is 1. The zero-order valence-electron chi connectivity index (χ0n) is 27.5. The molecule has 1 unspecified atom stereocenters. The molecule has 2 fully saturated rings. The molecule has 8 rings (SSSR count). The van der Waals surface area contributed by atoms with Gasteiger partial charge < -0.3 is 24.6 Å². The van der Waals surface area contributed by atoms with E-state index < -0.39 is 24.1 Å². The van der Waals surface area contributed by atoms with E-state index in [1.54, 1.807) is 18.3 Å². The first-order valence-electron chi connectivity index (χ1n) is 16.8. The van der Waals surface area contributed by atoms with E-state index >= 15 is 8.78 Å². The third kappa shape index (κ3) is 5.96. The van der Waals surface area contributed by atoms with Gasteiger partial charge in [-0.3, -0.25) is 14.7 Å². The highest BCUT2D eigenvalue weighted by Crippen LogP contribution is 2.44. The second-order valence-corrected chi connectivity index (χ2v) is 13.5. The smallest absolute Gasteiger partial charge is 0.265 e. The van der Waals surface area contributed by atoms with Crippen molar-refractivity contribution in [3.63, 3.8) is 0 Å². The monoisotopic (exact) mass is 664 g/mol. The summed E-state index contributed by atoms with van der Waals surface area (Å²) in [5, 5.41) is 11.4. The molecule has 3 aliphatic rings. The lowest BCUT2D eigenvalue weighted by atomic mass is 9.95. The van der Waals surface area contributed by atoms with E-state index in [0.29, 0.717) is 33.8 Å². The molecule has 2 aromatic carbocycles. The summed E-state index contributed by atoms with van der Waals surface area (Å²) in [6, 6.07) is 13.9. The third-order valence-electron chi connectivity index (χ3n) is 10.1. The second kappa shape index (κ2) is 12.6. The minimum atomic E-state index is -0.662. The van der Waals surface area contributed by atoms with Crippen molar-refractivity contribution in [1.82, 2.24) is 24.8 Å². The van der Waals surface area contributed by atoms with E-state index in [2.05, 4.69) is 39.8 Å². The molecule has 1 saturated heterocycles. The number of aromatic amines is 1. The number of aromatic nitrogens is 3. The number of hydrogen-bond donors (Lipinski definition) is 2. The van der Waals surface area contributed by atoms with Gasteiger partial charge in [-0.05, 0) is 97.4 Å². The summed E-state index contributed by atoms with van der Waals surface area (Å²) >= 11 is 0. The van der Waals surface area contributed by atoms with E-state index in [4.69, 9.17) is 9.72 Å². The van der Waals surface area contributed by atoms with Crippen LogP contribution in [0.4, 0.5) is 14.5 Å². The van der Waals surface area contributed by atoms with Gasteiger partial charge >= 0.3 is 0 Å². The molecule has 9 nitrogen and oxygen atoms in total. The SMILES string of the molecule is CC1CN(C)CCN1Cc1ccc(-c2cc3c(-c4cc(F)cc(N5CCOc6cc(C7CC7)cc(F)c6C5=O)c4CO)ccnc3[nH]2)nc1. The number of rotatable bonds is 7. The molecule has 1 aliphatic carbocycles. The van der Waals surface area contributed by atoms with Crippen LogP contribution in [-0.4, -0.2) is 81.6 Å². The molecule has 252 valence electrons. The van der Waals surface area contributed by atoms with Gasteiger partial charge in [0.25, 0.3) is 5.91 Å². The molecule has 0 spiro atoms. The highest BCUT2D eigenvalue weighted by Gasteiger charge is 2.33. The van der Waals surface area contributed by atoms with Crippen molar-refractivity contribution >= 4 is 22.6 Å². The largest absolute Gasteiger partial charge is 0.491 e. The van der Waals surface area contributed by atoms with Crippen LogP contribution < -0.4 is 9.64 Å². The summed E-state index contributed by atoms with van der Waals surface area (Å²) in [5.74, 6) is -1.42. The Kier molecular flexibility index (Phi) is 8.13. The van der Waals surface area contributed by atoms with Crippen LogP contribution in [0.15, 0.2) is 60.9 Å². The molecule has 11 heteroatoms. The number of benzene rings is 2. The average molecular weight is 665 g/mol. The van der Waals surface area contributed by atoms with Crippen molar-refractivity contribution < 1.29 is 23.4 Å². The van der Waals surface area contributed by atoms with Crippen molar-refractivity contribution in [1.29, 1.82) is 0 Å². The Morgan fingerprint density at radius 1 is 1.02 bits per heavy atom. The molecule has 3 aromatic heterocycles. The zero-order chi connectivity index (χ0) is 33.8. The highest BCUT2D eigenvalue weighted by molar-refractivity contribution is 6.09. The van der Waals surface area contributed by atoms with Gasteiger partial charge in [0.1, 0.15) is 35.2 Å². The van der Waals surface area contributed by atoms with Gasteiger partial charge in [-0.1, -0.05) is 6.07 Å². The van der Waals surface area contributed by atoms with E-state index in [-0.39, 0.29) is 36.1 Å². The molecule has 5 heterocycles. The number of fused-ring (bicyclic) bond motifs is 2. The third-order valence-corrected chi connectivity index (χ3v) is 10.1. The number of hydrogen-bond acceptors (Lipinski definition) is 7. The number of nitrogens with one attached hydrogen (secondary N) is 1. The fraction of sp³-hybridized carbons (Fsp3) is 0.342. The second-order valence-electron chi connectivity index (χ2n) is 13.5. The summed E-state index contributed by atoms with van der Waals surface area (Å²) < 4.78 is 36.8. The van der Waals surface area contributed by atoms with Crippen LogP contribution in [0.2, 0.25) is 0 Å². The number of nitrogens with zero attached hydrogens (tertiary/aromatic N) is 5. The number of ether oxygens (including phenoxy) is 1. The predicted molar refractivity (Wildman–Crippen MR) is 184 cm³/mol. The molecule has 5 aromatic rings. The standard InChI is InChI=1S/C38H38F2N6O3/c1-22-19-44(2)9-10-45(22)20-23-3-6-32(42-18-23)33-17-29-27(7-8-41-37(29)43-33)28-15-26(39)16-34(30(28)21-47)46-11-12-49-35-14-25(24-4-5-24)13-31(40)36(35)38(46)48/h3,6-8,13-18,22,24,47H,4-5,9-12,19-21H2,1-2H3,(H,41,43). The maximum absolute atomic E-state index is 15.5. The van der Waals surface area contributed by atoms with Gasteiger partial charge in [-0.2, -0.15) is 0 Å². The Balaban J connectivity index is 1.13. The Morgan fingerprint density at radius 2 is 1.88 bits per heavy atom. The summed E-state index contributed by atoms with van der Waals surface area (Å²) in [6.45, 7) is 5.83. The number of likely N-dealkylation sites (N-methyl/N-ethyl adjacent to an activating group) is 1. The number of aliphatic hydroxyl groups is 1. The topological polar surface area (TPSA) is 97.8 Å². The Morgan fingerprint density at radius 3 is 2.63 bits per heavy atom. The van der Waals surface area contributed by atoms with Crippen molar-refractivity contribution in [3.05, 3.63) is 94.8 Å². The zero-order valence-corrected chi connectivity index (χ0v) is 27.5. The van der Waals surface area contributed by atoms with Crippen LogP contribution >= 0.6 is 0 Å². The van der Waals surface area contributed by atoms with E-state index in [9.17, 15) is 9.90 Å². The Hall–Kier alpha value is -4.71. The number of pyridine rings is 2. The summed E-state index contributed by atoms with van der Waals surface area (Å²) in [5.41, 5.74) is 5.35. The number of halogens is 2. The lowest BCUT2D eigenvalue weighted by molar-refractivity contribution is 0.0937. The lowest BCUT2D eigenvalue weighted by Gasteiger charge is -2.38. The number of H-pyrrole nitrogens is 1. The molecule has 2 N–H and O–H groups in total. The van der Waals surface area contributed by atoms with Crippen molar-refractivity contribution in [2.75, 3.05) is 44.7 Å². The number of carbonyl (C=O) groups is 1. The van der Waals surface area contributed by atoms with Crippen LogP contribution in [0.1, 0.15) is 52.7 Å². The van der Waals surface area contributed by atoms with Crippen molar-refractivity contribution in [2.24, 2.45) is 0 Å². The van der Waals surface area contributed by atoms with Gasteiger partial charge in [0.2, 0.25) is 0 Å². The van der Waals surface area contributed by atoms with E-state index in [1.807, 2.05) is 18.3 Å². The summed E-state index contributed by atoms with van der Waals surface area (Å²) in [6.07, 6.45) is 5.48. The van der Waals surface area contributed by atoms with E-state index in [0.717, 1.165) is 61.5 Å². The minimum absolute atomic E-state index is 0.0526. The fourth-order valence-corrected chi connectivity index (χ4v) is 7.28. The first-order valence-corrected chi connectivity index (χ1v) is 16.8. The highest BCUT2D eigenvalue weighted by atomic mass is 19.1. The molecular formula is C38H38F2N6O3. The summed E-state index contributed by atoms with van der Waals surface area (Å²) in [4.78, 5) is 32.6. The first-order chi connectivity index (χ1) is 23.8. The first kappa shape index (κ1) is 31.6. The van der Waals surface area contributed by atoms with Gasteiger partial charge in [-0.25, -0.2) is 13.8 Å². The van der Waals surface area contributed by atoms with Crippen LogP contribution in [-0.2, 0) is 13.2 Å². The minimum Gasteiger partial charge on any atom is -0.491 e. The van der Waals surface area contributed by atoms with Gasteiger partial charge in [0, 0.05) is 55.6 Å². The Bertz CT molecular complexity index is 2060. The number of amides is 1. The normalized spacial score (nSPS) is 18.8. The number of piperazine rings is 1. The number of aliphatic hydroxyl groups excluding tert-OH is 1. The predicted octanol–water partition coefficient (Wildman–Crippen LogP) is 6.11. The molecule has 2 aliphatic heterocycles. The van der Waals surface area contributed by atoms with Crippen LogP contribution in [0.3, 0.4) is 0 Å². The van der Waals surface area contributed by atoms with Crippen molar-refractivity contribution in [3.8, 4) is 28.3 Å². The molecule has 1 amide bonds. The fourth-order valence-electron chi connectivity index (χ4n) is 7.28. The molecule has 0 radical (unpaired) electrons. The summed E-state index contributed by atoms with van der Waals surface area (Å²) in [7, 11) is 2.15. The van der Waals surface area contributed by atoms with E-state index in [1.165, 1.54) is 23.1 Å². The van der Waals surface area contributed by atoms with Crippen LogP contribution in [0.5, 0.6) is 5.75 Å². The molecule has 0 bridgehead atoms. The Labute approximate surface area is 283 Å². The molecule has 1 atom stereocenters.